The average Bonchev–Trinajstić information content (AvgIpc) is 3.30. The summed E-state index contributed by atoms with van der Waals surface area (Å²) in [5.74, 6) is -0.359. The van der Waals surface area contributed by atoms with Crippen LogP contribution < -0.4 is 21.7 Å². The fraction of sp³-hybridized carbons (Fsp3) is 0.375. The van der Waals surface area contributed by atoms with Gasteiger partial charge in [-0.3, -0.25) is 14.0 Å². The number of nitrogens with zero attached hydrogens (tertiary/aromatic N) is 3. The quantitative estimate of drug-likeness (QED) is 0.303. The Morgan fingerprint density at radius 3 is 2.50 bits per heavy atom. The summed E-state index contributed by atoms with van der Waals surface area (Å²) < 4.78 is 12.9. The highest BCUT2D eigenvalue weighted by molar-refractivity contribution is 5.85. The molecule has 0 saturated heterocycles. The number of nitrogens with two attached hydrogens (primary N) is 1. The van der Waals surface area contributed by atoms with Gasteiger partial charge in [0.25, 0.3) is 0 Å². The first kappa shape index (κ1) is 26.6. The van der Waals surface area contributed by atoms with Crippen molar-refractivity contribution in [1.29, 1.82) is 0 Å². The lowest BCUT2D eigenvalue weighted by Gasteiger charge is -2.24. The summed E-state index contributed by atoms with van der Waals surface area (Å²) in [5, 5.41) is 16.1. The summed E-state index contributed by atoms with van der Waals surface area (Å²) in [6.45, 7) is 3.29. The molecule has 36 heavy (non-hydrogen) atoms. The number of carbonyl (C=O) groups excluding carboxylic acids is 3. The van der Waals surface area contributed by atoms with E-state index < -0.39 is 23.6 Å². The zero-order valence-corrected chi connectivity index (χ0v) is 20.5. The summed E-state index contributed by atoms with van der Waals surface area (Å²) in [5.41, 5.74) is 6.88. The summed E-state index contributed by atoms with van der Waals surface area (Å²) >= 11 is 0. The van der Waals surface area contributed by atoms with E-state index in [-0.39, 0.29) is 25.7 Å². The minimum absolute atomic E-state index is 0.0965. The molecular formula is C24H31N7O5. The van der Waals surface area contributed by atoms with Crippen molar-refractivity contribution in [2.24, 2.45) is 5.73 Å². The van der Waals surface area contributed by atoms with E-state index in [9.17, 15) is 14.4 Å². The molecule has 0 aliphatic rings. The molecule has 0 saturated carbocycles. The second kappa shape index (κ2) is 12.1. The van der Waals surface area contributed by atoms with Crippen LogP contribution in [0, 0.1) is 0 Å². The number of hydrogen-bond donors (Lipinski definition) is 4. The third-order valence-corrected chi connectivity index (χ3v) is 5.16. The first-order valence-electron chi connectivity index (χ1n) is 11.3. The van der Waals surface area contributed by atoms with Gasteiger partial charge in [0.05, 0.1) is 31.0 Å². The average molecular weight is 498 g/mol. The predicted octanol–water partition coefficient (Wildman–Crippen LogP) is 0.813. The topological polar surface area (TPSA) is 162 Å². The number of pyridine rings is 1. The van der Waals surface area contributed by atoms with Crippen molar-refractivity contribution in [3.63, 3.8) is 0 Å². The Kier molecular flexibility index (Phi) is 8.92. The lowest BCUT2D eigenvalue weighted by molar-refractivity contribution is -0.126. The molecule has 5 N–H and O–H groups in total. The van der Waals surface area contributed by atoms with E-state index >= 15 is 0 Å². The van der Waals surface area contributed by atoms with Crippen molar-refractivity contribution >= 4 is 23.6 Å². The maximum absolute atomic E-state index is 12.7. The van der Waals surface area contributed by atoms with Crippen LogP contribution in [0.1, 0.15) is 37.0 Å². The molecular weight excluding hydrogens is 466 g/mol. The van der Waals surface area contributed by atoms with Crippen LogP contribution in [0.3, 0.4) is 0 Å². The van der Waals surface area contributed by atoms with Crippen LogP contribution >= 0.6 is 0 Å². The molecule has 0 aliphatic carbocycles. The SMILES string of the molecule is CNC(=O)CNC(=O)OCc1cccc2nnc([C@@H](COCc3ccccc3)NC(=O)C(C)(C)N)n12. The van der Waals surface area contributed by atoms with Crippen LogP contribution in [-0.2, 0) is 32.3 Å². The van der Waals surface area contributed by atoms with Gasteiger partial charge in [0, 0.05) is 7.05 Å². The molecule has 0 fully saturated rings. The van der Waals surface area contributed by atoms with E-state index in [1.54, 1.807) is 36.4 Å². The van der Waals surface area contributed by atoms with Crippen molar-refractivity contribution in [2.45, 2.75) is 38.6 Å². The van der Waals surface area contributed by atoms with Crippen LogP contribution in [0.15, 0.2) is 48.5 Å². The third kappa shape index (κ3) is 7.23. The zero-order valence-electron chi connectivity index (χ0n) is 20.5. The standard InChI is InChI=1S/C24H31N7O5/c1-24(2,25)22(33)28-18(15-35-13-16-8-5-4-6-9-16)21-30-29-19-11-7-10-17(31(19)21)14-36-23(34)27-12-20(32)26-3/h4-11,18H,12-15,25H2,1-3H3,(H,26,32)(H,27,34)(H,28,33)/t18-/m1/s1. The molecule has 3 rings (SSSR count). The Morgan fingerprint density at radius 2 is 1.81 bits per heavy atom. The van der Waals surface area contributed by atoms with E-state index in [4.69, 9.17) is 15.2 Å². The number of amides is 3. The molecule has 3 amide bonds. The van der Waals surface area contributed by atoms with Crippen molar-refractivity contribution in [3.05, 3.63) is 65.6 Å². The van der Waals surface area contributed by atoms with Gasteiger partial charge in [0.1, 0.15) is 12.6 Å². The number of carbonyl (C=O) groups is 3. The minimum Gasteiger partial charge on any atom is -0.443 e. The number of likely N-dealkylation sites (N-methyl/N-ethyl adjacent to an activating group) is 1. The monoisotopic (exact) mass is 497 g/mol. The highest BCUT2D eigenvalue weighted by Gasteiger charge is 2.28. The number of rotatable bonds is 11. The van der Waals surface area contributed by atoms with Gasteiger partial charge in [-0.05, 0) is 31.5 Å². The van der Waals surface area contributed by atoms with Gasteiger partial charge in [-0.15, -0.1) is 10.2 Å². The Bertz CT molecular complexity index is 1190. The van der Waals surface area contributed by atoms with E-state index in [0.717, 1.165) is 5.56 Å². The van der Waals surface area contributed by atoms with Gasteiger partial charge < -0.3 is 31.2 Å². The Morgan fingerprint density at radius 1 is 1.06 bits per heavy atom. The molecule has 0 unspecified atom stereocenters. The van der Waals surface area contributed by atoms with Gasteiger partial charge in [-0.25, -0.2) is 4.79 Å². The van der Waals surface area contributed by atoms with Gasteiger partial charge >= 0.3 is 6.09 Å². The second-order valence-electron chi connectivity index (χ2n) is 8.62. The van der Waals surface area contributed by atoms with Crippen LogP contribution in [0.25, 0.3) is 5.65 Å². The minimum atomic E-state index is -1.13. The molecule has 0 radical (unpaired) electrons. The lowest BCUT2D eigenvalue weighted by Crippen LogP contribution is -2.51. The molecule has 192 valence electrons. The predicted molar refractivity (Wildman–Crippen MR) is 130 cm³/mol. The normalized spacial score (nSPS) is 12.1. The smallest absolute Gasteiger partial charge is 0.407 e. The maximum Gasteiger partial charge on any atom is 0.407 e. The van der Waals surface area contributed by atoms with Crippen molar-refractivity contribution < 1.29 is 23.9 Å². The summed E-state index contributed by atoms with van der Waals surface area (Å²) in [7, 11) is 1.47. The van der Waals surface area contributed by atoms with E-state index in [1.807, 2.05) is 30.3 Å². The Balaban J connectivity index is 1.81. The van der Waals surface area contributed by atoms with Gasteiger partial charge in [-0.2, -0.15) is 0 Å². The van der Waals surface area contributed by atoms with Gasteiger partial charge in [0.15, 0.2) is 11.5 Å². The van der Waals surface area contributed by atoms with E-state index in [1.165, 1.54) is 7.05 Å². The lowest BCUT2D eigenvalue weighted by atomic mass is 10.1. The molecule has 2 heterocycles. The Hall–Kier alpha value is -4.03. The molecule has 2 aromatic heterocycles. The molecule has 0 spiro atoms. The molecule has 12 heteroatoms. The molecule has 3 aromatic rings. The number of fused-ring (bicyclic) bond motifs is 1. The molecule has 0 bridgehead atoms. The van der Waals surface area contributed by atoms with Crippen molar-refractivity contribution in [2.75, 3.05) is 20.2 Å². The highest BCUT2D eigenvalue weighted by Crippen LogP contribution is 2.18. The largest absolute Gasteiger partial charge is 0.443 e. The van der Waals surface area contributed by atoms with Crippen molar-refractivity contribution in [1.82, 2.24) is 30.5 Å². The van der Waals surface area contributed by atoms with Crippen LogP contribution in [-0.4, -0.2) is 58.2 Å². The van der Waals surface area contributed by atoms with E-state index in [0.29, 0.717) is 23.8 Å². The maximum atomic E-state index is 12.7. The summed E-state index contributed by atoms with van der Waals surface area (Å²) in [6.07, 6.45) is -0.758. The molecule has 12 nitrogen and oxygen atoms in total. The summed E-state index contributed by atoms with van der Waals surface area (Å²) in [4.78, 5) is 36.1. The number of alkyl carbamates (subject to hydrolysis) is 1. The highest BCUT2D eigenvalue weighted by atomic mass is 16.5. The second-order valence-corrected chi connectivity index (χ2v) is 8.62. The van der Waals surface area contributed by atoms with Gasteiger partial charge in [-0.1, -0.05) is 36.4 Å². The third-order valence-electron chi connectivity index (χ3n) is 5.16. The van der Waals surface area contributed by atoms with Crippen LogP contribution in [0.5, 0.6) is 0 Å². The first-order chi connectivity index (χ1) is 17.2. The van der Waals surface area contributed by atoms with Crippen LogP contribution in [0.4, 0.5) is 4.79 Å². The molecule has 1 aromatic carbocycles. The fourth-order valence-electron chi connectivity index (χ4n) is 3.19. The van der Waals surface area contributed by atoms with E-state index in [2.05, 4.69) is 26.1 Å². The number of hydrogen-bond acceptors (Lipinski definition) is 8. The molecule has 0 aliphatic heterocycles. The first-order valence-corrected chi connectivity index (χ1v) is 11.3. The number of ether oxygens (including phenoxy) is 2. The molecule has 1 atom stereocenters. The fourth-order valence-corrected chi connectivity index (χ4v) is 3.19. The number of nitrogens with one attached hydrogen (secondary N) is 3. The zero-order chi connectivity index (χ0) is 26.1. The van der Waals surface area contributed by atoms with Crippen LogP contribution in [0.2, 0.25) is 0 Å². The summed E-state index contributed by atoms with van der Waals surface area (Å²) in [6, 6.07) is 14.2. The Labute approximate surface area is 208 Å². The number of benzene rings is 1. The van der Waals surface area contributed by atoms with Crippen molar-refractivity contribution in [3.8, 4) is 0 Å². The number of aromatic nitrogens is 3. The van der Waals surface area contributed by atoms with Gasteiger partial charge in [0.2, 0.25) is 11.8 Å².